The van der Waals surface area contributed by atoms with Crippen LogP contribution in [0.15, 0.2) is 47.3 Å². The molecule has 1 fully saturated rings. The third-order valence-corrected chi connectivity index (χ3v) is 6.76. The lowest BCUT2D eigenvalue weighted by Gasteiger charge is -2.31. The summed E-state index contributed by atoms with van der Waals surface area (Å²) in [6.45, 7) is 8.89. The predicted octanol–water partition coefficient (Wildman–Crippen LogP) is 3.46. The van der Waals surface area contributed by atoms with Crippen LogP contribution in [0.3, 0.4) is 0 Å². The number of nitrogens with zero attached hydrogens (tertiary/aromatic N) is 2. The maximum Gasteiger partial charge on any atom is 0.339 e. The number of fused-ring (bicyclic) bond motifs is 1. The zero-order chi connectivity index (χ0) is 25.7. The molecule has 0 atom stereocenters. The van der Waals surface area contributed by atoms with Crippen LogP contribution < -0.4 is 10.9 Å². The second-order valence-electron chi connectivity index (χ2n) is 9.01. The Morgan fingerprint density at radius 1 is 1.19 bits per heavy atom. The van der Waals surface area contributed by atoms with Crippen molar-refractivity contribution in [3.8, 4) is 0 Å². The maximum absolute atomic E-state index is 13.0. The van der Waals surface area contributed by atoms with E-state index in [-0.39, 0.29) is 5.56 Å². The number of nitrogens with one attached hydrogen (secondary N) is 2. The Kier molecular flexibility index (Phi) is 8.35. The number of para-hydroxylation sites is 1. The minimum absolute atomic E-state index is 0.137. The molecule has 2 aromatic carbocycles. The number of aromatic amines is 1. The summed E-state index contributed by atoms with van der Waals surface area (Å²) in [5.74, 6) is -0.447. The Hall–Kier alpha value is -3.27. The largest absolute Gasteiger partial charge is 0.465 e. The number of anilines is 1. The highest BCUT2D eigenvalue weighted by Crippen LogP contribution is 2.20. The van der Waals surface area contributed by atoms with Crippen LogP contribution in [0, 0.1) is 13.8 Å². The van der Waals surface area contributed by atoms with E-state index in [4.69, 9.17) is 21.7 Å². The molecule has 0 aliphatic carbocycles. The minimum atomic E-state index is -0.447. The third kappa shape index (κ3) is 6.10. The van der Waals surface area contributed by atoms with Crippen molar-refractivity contribution < 1.29 is 14.3 Å². The molecule has 8 nitrogen and oxygen atoms in total. The number of morpholine rings is 1. The summed E-state index contributed by atoms with van der Waals surface area (Å²) in [5, 5.41) is 4.65. The van der Waals surface area contributed by atoms with Gasteiger partial charge in [-0.2, -0.15) is 0 Å². The number of ether oxygens (including phenoxy) is 2. The van der Waals surface area contributed by atoms with E-state index in [0.29, 0.717) is 48.2 Å². The van der Waals surface area contributed by atoms with Gasteiger partial charge in [-0.3, -0.25) is 9.69 Å². The van der Waals surface area contributed by atoms with Crippen LogP contribution in [0.4, 0.5) is 5.69 Å². The van der Waals surface area contributed by atoms with Crippen molar-refractivity contribution in [2.24, 2.45) is 0 Å². The number of H-pyrrole nitrogens is 1. The van der Waals surface area contributed by atoms with Gasteiger partial charge >= 0.3 is 5.97 Å². The van der Waals surface area contributed by atoms with Gasteiger partial charge in [-0.25, -0.2) is 4.79 Å². The number of hydrogen-bond acceptors (Lipinski definition) is 6. The number of hydrogen-bond donors (Lipinski definition) is 2. The van der Waals surface area contributed by atoms with Crippen molar-refractivity contribution >= 4 is 39.9 Å². The number of benzene rings is 2. The van der Waals surface area contributed by atoms with Crippen LogP contribution in [0.2, 0.25) is 0 Å². The molecule has 2 heterocycles. The number of pyridine rings is 1. The molecule has 36 heavy (non-hydrogen) atoms. The van der Waals surface area contributed by atoms with Crippen molar-refractivity contribution in [1.29, 1.82) is 0 Å². The molecule has 1 saturated heterocycles. The van der Waals surface area contributed by atoms with Crippen molar-refractivity contribution in [3.63, 3.8) is 0 Å². The van der Waals surface area contributed by atoms with Gasteiger partial charge in [-0.15, -0.1) is 0 Å². The summed E-state index contributed by atoms with van der Waals surface area (Å²) in [6, 6.07) is 13.1. The molecule has 0 amide bonds. The second kappa shape index (κ2) is 11.6. The summed E-state index contributed by atoms with van der Waals surface area (Å²) in [5.41, 5.74) is 4.48. The number of methoxy groups -OCH3 is 1. The highest BCUT2D eigenvalue weighted by atomic mass is 32.1. The molecular formula is C27H32N4O4S. The number of carbonyl (C=O) groups excluding carboxylic acids is 1. The van der Waals surface area contributed by atoms with E-state index in [1.54, 1.807) is 18.2 Å². The van der Waals surface area contributed by atoms with Gasteiger partial charge in [0.15, 0.2) is 5.11 Å². The highest BCUT2D eigenvalue weighted by Gasteiger charge is 2.19. The molecule has 0 saturated carbocycles. The molecule has 190 valence electrons. The van der Waals surface area contributed by atoms with E-state index in [2.05, 4.69) is 21.3 Å². The summed E-state index contributed by atoms with van der Waals surface area (Å²) < 4.78 is 10.4. The first kappa shape index (κ1) is 25.8. The van der Waals surface area contributed by atoms with E-state index >= 15 is 0 Å². The van der Waals surface area contributed by atoms with Crippen LogP contribution in [0.5, 0.6) is 0 Å². The van der Waals surface area contributed by atoms with Crippen LogP contribution in [-0.4, -0.2) is 72.4 Å². The Balaban J connectivity index is 1.61. The molecule has 1 aromatic heterocycles. The van der Waals surface area contributed by atoms with Gasteiger partial charge in [0.2, 0.25) is 0 Å². The lowest BCUT2D eigenvalue weighted by Crippen LogP contribution is -2.44. The van der Waals surface area contributed by atoms with Gasteiger partial charge in [-0.1, -0.05) is 18.2 Å². The zero-order valence-corrected chi connectivity index (χ0v) is 21.7. The molecule has 0 radical (unpaired) electrons. The molecule has 0 spiro atoms. The number of aryl methyl sites for hydroxylation is 2. The van der Waals surface area contributed by atoms with Crippen molar-refractivity contribution in [2.75, 3.05) is 51.8 Å². The molecular weight excluding hydrogens is 476 g/mol. The molecule has 1 aliphatic rings. The van der Waals surface area contributed by atoms with E-state index in [0.717, 1.165) is 41.7 Å². The second-order valence-corrected chi connectivity index (χ2v) is 9.40. The summed E-state index contributed by atoms with van der Waals surface area (Å²) in [4.78, 5) is 32.6. The van der Waals surface area contributed by atoms with E-state index in [1.165, 1.54) is 7.11 Å². The number of esters is 1. The fourth-order valence-electron chi connectivity index (χ4n) is 4.45. The van der Waals surface area contributed by atoms with E-state index in [9.17, 15) is 9.59 Å². The van der Waals surface area contributed by atoms with Gasteiger partial charge in [0, 0.05) is 42.6 Å². The van der Waals surface area contributed by atoms with Crippen LogP contribution in [0.25, 0.3) is 10.9 Å². The zero-order valence-electron chi connectivity index (χ0n) is 20.9. The first-order valence-corrected chi connectivity index (χ1v) is 12.4. The fourth-order valence-corrected chi connectivity index (χ4v) is 4.72. The standard InChI is InChI=1S/C27H32N4O4S/c1-18-14-19(2)22-16-20(25(32)28-24(22)15-18)17-31(9-8-30-10-12-35-13-11-30)27(36)29-23-7-5-4-6-21(23)26(33)34-3/h4-7,14-16H,8-13,17H2,1-3H3,(H,28,32)(H,29,36). The molecule has 1 aliphatic heterocycles. The summed E-state index contributed by atoms with van der Waals surface area (Å²) >= 11 is 5.80. The van der Waals surface area contributed by atoms with E-state index in [1.807, 2.05) is 36.9 Å². The molecule has 4 rings (SSSR count). The molecule has 9 heteroatoms. The quantitative estimate of drug-likeness (QED) is 0.371. The molecule has 3 aromatic rings. The Morgan fingerprint density at radius 2 is 1.94 bits per heavy atom. The SMILES string of the molecule is COC(=O)c1ccccc1NC(=S)N(CCN1CCOCC1)Cc1cc2c(C)cc(C)cc2[nH]c1=O. The Morgan fingerprint density at radius 3 is 2.69 bits per heavy atom. The molecule has 2 N–H and O–H groups in total. The normalized spacial score (nSPS) is 14.0. The average Bonchev–Trinajstić information content (AvgIpc) is 2.87. The fraction of sp³-hybridized carbons (Fsp3) is 0.370. The number of carbonyl (C=O) groups is 1. The smallest absolute Gasteiger partial charge is 0.339 e. The number of thiocarbonyl (C=S) groups is 1. The predicted molar refractivity (Wildman–Crippen MR) is 146 cm³/mol. The Labute approximate surface area is 216 Å². The van der Waals surface area contributed by atoms with Gasteiger partial charge in [0.25, 0.3) is 5.56 Å². The monoisotopic (exact) mass is 508 g/mol. The number of rotatable bonds is 7. The first-order valence-electron chi connectivity index (χ1n) is 12.0. The Bertz CT molecular complexity index is 1320. The van der Waals surface area contributed by atoms with Crippen molar-refractivity contribution in [1.82, 2.24) is 14.8 Å². The topological polar surface area (TPSA) is 86.9 Å². The third-order valence-electron chi connectivity index (χ3n) is 6.40. The highest BCUT2D eigenvalue weighted by molar-refractivity contribution is 7.80. The van der Waals surface area contributed by atoms with Gasteiger partial charge in [0.1, 0.15) is 0 Å². The number of aromatic nitrogens is 1. The van der Waals surface area contributed by atoms with Gasteiger partial charge in [-0.05, 0) is 61.5 Å². The van der Waals surface area contributed by atoms with Crippen molar-refractivity contribution in [3.05, 3.63) is 75.1 Å². The summed E-state index contributed by atoms with van der Waals surface area (Å²) in [6.07, 6.45) is 0. The van der Waals surface area contributed by atoms with Crippen LogP contribution in [-0.2, 0) is 16.0 Å². The minimum Gasteiger partial charge on any atom is -0.465 e. The first-order chi connectivity index (χ1) is 17.4. The maximum atomic E-state index is 13.0. The van der Waals surface area contributed by atoms with Crippen LogP contribution >= 0.6 is 12.2 Å². The average molecular weight is 509 g/mol. The molecule has 0 bridgehead atoms. The van der Waals surface area contributed by atoms with Gasteiger partial charge in [0.05, 0.1) is 38.1 Å². The molecule has 0 unspecified atom stereocenters. The lowest BCUT2D eigenvalue weighted by atomic mass is 10.0. The van der Waals surface area contributed by atoms with Crippen LogP contribution in [0.1, 0.15) is 27.0 Å². The summed E-state index contributed by atoms with van der Waals surface area (Å²) in [7, 11) is 1.35. The van der Waals surface area contributed by atoms with E-state index < -0.39 is 5.97 Å². The lowest BCUT2D eigenvalue weighted by molar-refractivity contribution is 0.0358. The van der Waals surface area contributed by atoms with Gasteiger partial charge < -0.3 is 24.7 Å². The van der Waals surface area contributed by atoms with Crippen molar-refractivity contribution in [2.45, 2.75) is 20.4 Å².